The monoisotopic (exact) mass is 231 g/mol. The molecule has 1 aromatic heterocycles. The minimum Gasteiger partial charge on any atom is -0.506 e. The van der Waals surface area contributed by atoms with Crippen LogP contribution in [0.15, 0.2) is 12.4 Å². The summed E-state index contributed by atoms with van der Waals surface area (Å²) >= 11 is 0. The summed E-state index contributed by atoms with van der Waals surface area (Å²) in [6.45, 7) is 0. The van der Waals surface area contributed by atoms with Crippen LogP contribution in [-0.2, 0) is 12.4 Å². The van der Waals surface area contributed by atoms with Crippen LogP contribution in [0, 0.1) is 0 Å². The molecule has 84 valence electrons. The maximum atomic E-state index is 12.2. The maximum absolute atomic E-state index is 12.2. The molecule has 0 unspecified atom stereocenters. The van der Waals surface area contributed by atoms with E-state index in [4.69, 9.17) is 5.11 Å². The molecule has 0 bridgehead atoms. The normalized spacial score (nSPS) is 12.9. The first-order valence-electron chi connectivity index (χ1n) is 3.45. The third-order valence-corrected chi connectivity index (χ3v) is 1.51. The summed E-state index contributed by atoms with van der Waals surface area (Å²) < 4.78 is 72.8. The van der Waals surface area contributed by atoms with E-state index in [9.17, 15) is 26.3 Å². The van der Waals surface area contributed by atoms with Crippen molar-refractivity contribution < 1.29 is 31.4 Å². The smallest absolute Gasteiger partial charge is 0.420 e. The average Bonchev–Trinajstić information content (AvgIpc) is 1.99. The van der Waals surface area contributed by atoms with Gasteiger partial charge in [0.1, 0.15) is 11.3 Å². The van der Waals surface area contributed by atoms with Crippen molar-refractivity contribution in [2.45, 2.75) is 12.4 Å². The van der Waals surface area contributed by atoms with Gasteiger partial charge in [-0.25, -0.2) is 0 Å². The molecule has 8 heteroatoms. The molecule has 1 aromatic rings. The average molecular weight is 231 g/mol. The van der Waals surface area contributed by atoms with Crippen molar-refractivity contribution in [3.05, 3.63) is 23.5 Å². The maximum Gasteiger partial charge on any atom is 0.420 e. The SMILES string of the molecule is Oc1cncc(C(F)(F)F)c1C(F)(F)F. The highest BCUT2D eigenvalue weighted by molar-refractivity contribution is 5.39. The van der Waals surface area contributed by atoms with E-state index < -0.39 is 29.2 Å². The Morgan fingerprint density at radius 1 is 0.933 bits per heavy atom. The van der Waals surface area contributed by atoms with Crippen LogP contribution >= 0.6 is 0 Å². The van der Waals surface area contributed by atoms with E-state index >= 15 is 0 Å². The van der Waals surface area contributed by atoms with Gasteiger partial charge in [0.15, 0.2) is 0 Å². The van der Waals surface area contributed by atoms with Crippen LogP contribution in [0.5, 0.6) is 5.75 Å². The lowest BCUT2D eigenvalue weighted by Crippen LogP contribution is -2.17. The van der Waals surface area contributed by atoms with Gasteiger partial charge in [-0.1, -0.05) is 0 Å². The summed E-state index contributed by atoms with van der Waals surface area (Å²) in [5.74, 6) is -1.54. The van der Waals surface area contributed by atoms with Gasteiger partial charge in [-0.15, -0.1) is 0 Å². The molecule has 1 heterocycles. The summed E-state index contributed by atoms with van der Waals surface area (Å²) in [5, 5.41) is 8.71. The number of aromatic hydroxyl groups is 1. The Morgan fingerprint density at radius 2 is 1.47 bits per heavy atom. The van der Waals surface area contributed by atoms with Crippen LogP contribution in [0.1, 0.15) is 11.1 Å². The molecule has 0 aliphatic heterocycles. The van der Waals surface area contributed by atoms with Crippen LogP contribution in [0.3, 0.4) is 0 Å². The molecule has 0 spiro atoms. The summed E-state index contributed by atoms with van der Waals surface area (Å²) in [5.41, 5.74) is -4.12. The number of nitrogens with zero attached hydrogens (tertiary/aromatic N) is 1. The van der Waals surface area contributed by atoms with E-state index in [2.05, 4.69) is 4.98 Å². The zero-order valence-electron chi connectivity index (χ0n) is 6.82. The molecule has 0 aromatic carbocycles. The second kappa shape index (κ2) is 3.28. The Hall–Kier alpha value is -1.47. The fourth-order valence-electron chi connectivity index (χ4n) is 0.962. The fourth-order valence-corrected chi connectivity index (χ4v) is 0.962. The summed E-state index contributed by atoms with van der Waals surface area (Å²) in [7, 11) is 0. The quantitative estimate of drug-likeness (QED) is 0.696. The number of alkyl halides is 6. The predicted molar refractivity (Wildman–Crippen MR) is 35.9 cm³/mol. The highest BCUT2D eigenvalue weighted by atomic mass is 19.4. The topological polar surface area (TPSA) is 33.1 Å². The molecular formula is C7H3F6NO. The highest BCUT2D eigenvalue weighted by Crippen LogP contribution is 2.43. The molecule has 0 aliphatic rings. The van der Waals surface area contributed by atoms with Crippen molar-refractivity contribution in [1.29, 1.82) is 0 Å². The van der Waals surface area contributed by atoms with Crippen LogP contribution < -0.4 is 0 Å². The summed E-state index contributed by atoms with van der Waals surface area (Å²) in [6, 6.07) is 0. The molecule has 0 radical (unpaired) electrons. The first-order chi connectivity index (χ1) is 6.64. The number of rotatable bonds is 0. The van der Waals surface area contributed by atoms with Crippen molar-refractivity contribution in [3.8, 4) is 5.75 Å². The minimum absolute atomic E-state index is 0.0164. The second-order valence-electron chi connectivity index (χ2n) is 2.58. The van der Waals surface area contributed by atoms with Crippen molar-refractivity contribution in [1.82, 2.24) is 4.98 Å². The summed E-state index contributed by atoms with van der Waals surface area (Å²) in [6.07, 6.45) is -10.2. The summed E-state index contributed by atoms with van der Waals surface area (Å²) in [4.78, 5) is 2.85. The molecule has 0 amide bonds. The predicted octanol–water partition coefficient (Wildman–Crippen LogP) is 2.82. The van der Waals surface area contributed by atoms with Gasteiger partial charge in [0.2, 0.25) is 0 Å². The standard InChI is InChI=1S/C7H3F6NO/c8-6(9,10)3-1-14-2-4(15)5(3)7(11,12)13/h1-2,15H. The van der Waals surface area contributed by atoms with E-state index in [1.807, 2.05) is 0 Å². The third kappa shape index (κ3) is 2.31. The molecule has 0 saturated carbocycles. The Balaban J connectivity index is 3.48. The van der Waals surface area contributed by atoms with Crippen LogP contribution in [0.2, 0.25) is 0 Å². The lowest BCUT2D eigenvalue weighted by atomic mass is 10.1. The van der Waals surface area contributed by atoms with Gasteiger partial charge in [-0.2, -0.15) is 26.3 Å². The Labute approximate surface area is 79.2 Å². The van der Waals surface area contributed by atoms with E-state index in [1.165, 1.54) is 0 Å². The van der Waals surface area contributed by atoms with Crippen LogP contribution in [0.25, 0.3) is 0 Å². The number of pyridine rings is 1. The molecule has 0 atom stereocenters. The molecule has 2 nitrogen and oxygen atoms in total. The largest absolute Gasteiger partial charge is 0.506 e. The minimum atomic E-state index is -5.28. The van der Waals surface area contributed by atoms with Gasteiger partial charge in [0, 0.05) is 6.20 Å². The van der Waals surface area contributed by atoms with Gasteiger partial charge in [0.05, 0.1) is 11.8 Å². The van der Waals surface area contributed by atoms with Gasteiger partial charge in [-0.05, 0) is 0 Å². The number of hydrogen-bond donors (Lipinski definition) is 1. The van der Waals surface area contributed by atoms with Crippen molar-refractivity contribution in [2.75, 3.05) is 0 Å². The van der Waals surface area contributed by atoms with Gasteiger partial charge in [-0.3, -0.25) is 4.98 Å². The van der Waals surface area contributed by atoms with E-state index in [0.717, 1.165) is 0 Å². The lowest BCUT2D eigenvalue weighted by Gasteiger charge is -2.15. The Morgan fingerprint density at radius 3 is 1.80 bits per heavy atom. The Bertz CT molecular complexity index is 369. The molecule has 0 fully saturated rings. The number of aromatic nitrogens is 1. The highest BCUT2D eigenvalue weighted by Gasteiger charge is 2.45. The van der Waals surface area contributed by atoms with Crippen molar-refractivity contribution in [3.63, 3.8) is 0 Å². The molecule has 0 saturated heterocycles. The third-order valence-electron chi connectivity index (χ3n) is 1.51. The zero-order chi connectivity index (χ0) is 11.9. The number of hydrogen-bond acceptors (Lipinski definition) is 2. The molecular weight excluding hydrogens is 228 g/mol. The van der Waals surface area contributed by atoms with Crippen LogP contribution in [0.4, 0.5) is 26.3 Å². The van der Waals surface area contributed by atoms with E-state index in [-0.39, 0.29) is 6.20 Å². The molecule has 15 heavy (non-hydrogen) atoms. The van der Waals surface area contributed by atoms with Crippen molar-refractivity contribution >= 4 is 0 Å². The fraction of sp³-hybridized carbons (Fsp3) is 0.286. The van der Waals surface area contributed by atoms with Crippen LogP contribution in [-0.4, -0.2) is 10.1 Å². The van der Waals surface area contributed by atoms with E-state index in [1.54, 1.807) is 0 Å². The molecule has 0 aliphatic carbocycles. The van der Waals surface area contributed by atoms with Crippen molar-refractivity contribution in [2.24, 2.45) is 0 Å². The first-order valence-corrected chi connectivity index (χ1v) is 3.45. The molecule has 1 N–H and O–H groups in total. The van der Waals surface area contributed by atoms with Gasteiger partial charge < -0.3 is 5.11 Å². The van der Waals surface area contributed by atoms with Gasteiger partial charge in [0.25, 0.3) is 0 Å². The Kier molecular flexibility index (Phi) is 2.54. The first kappa shape index (κ1) is 11.6. The lowest BCUT2D eigenvalue weighted by molar-refractivity contribution is -0.163. The molecule has 1 rings (SSSR count). The zero-order valence-corrected chi connectivity index (χ0v) is 6.82. The van der Waals surface area contributed by atoms with Gasteiger partial charge >= 0.3 is 12.4 Å². The second-order valence-corrected chi connectivity index (χ2v) is 2.58. The van der Waals surface area contributed by atoms with E-state index in [0.29, 0.717) is 6.20 Å². The number of halogens is 6.